The quantitative estimate of drug-likeness (QED) is 0.871. The van der Waals surface area contributed by atoms with Crippen molar-refractivity contribution in [3.8, 4) is 0 Å². The van der Waals surface area contributed by atoms with Crippen molar-refractivity contribution in [1.82, 2.24) is 10.3 Å². The number of halogens is 1. The van der Waals surface area contributed by atoms with Crippen molar-refractivity contribution >= 4 is 29.1 Å². The van der Waals surface area contributed by atoms with E-state index in [1.54, 1.807) is 30.0 Å². The second-order valence-electron chi connectivity index (χ2n) is 5.38. The smallest absolute Gasteiger partial charge is 0.239 e. The maximum absolute atomic E-state index is 12.5. The third kappa shape index (κ3) is 3.22. The minimum atomic E-state index is -0.679. The lowest BCUT2D eigenvalue weighted by molar-refractivity contribution is -0.132. The summed E-state index contributed by atoms with van der Waals surface area (Å²) in [6, 6.07) is 7.06. The van der Waals surface area contributed by atoms with Gasteiger partial charge in [0.1, 0.15) is 17.4 Å². The van der Waals surface area contributed by atoms with Gasteiger partial charge in [-0.25, -0.2) is 4.98 Å². The number of rotatable bonds is 4. The van der Waals surface area contributed by atoms with Crippen molar-refractivity contribution in [3.05, 3.63) is 47.1 Å². The van der Waals surface area contributed by atoms with Crippen LogP contribution in [-0.4, -0.2) is 23.3 Å². The van der Waals surface area contributed by atoms with Gasteiger partial charge in [-0.3, -0.25) is 9.59 Å². The first-order valence-corrected chi connectivity index (χ1v) is 7.67. The van der Waals surface area contributed by atoms with Crippen molar-refractivity contribution in [2.24, 2.45) is 5.92 Å². The van der Waals surface area contributed by atoms with Crippen LogP contribution in [0.4, 0.5) is 5.69 Å². The molecule has 0 saturated carbocycles. The van der Waals surface area contributed by atoms with Crippen molar-refractivity contribution in [3.63, 3.8) is 0 Å². The highest BCUT2D eigenvalue weighted by Gasteiger charge is 2.37. The summed E-state index contributed by atoms with van der Waals surface area (Å²) >= 11 is 5.96. The first-order chi connectivity index (χ1) is 11.1. The van der Waals surface area contributed by atoms with E-state index in [1.807, 2.05) is 6.07 Å². The summed E-state index contributed by atoms with van der Waals surface area (Å²) in [5.41, 5.74) is 1.38. The van der Waals surface area contributed by atoms with E-state index < -0.39 is 5.92 Å². The van der Waals surface area contributed by atoms with E-state index in [1.165, 1.54) is 6.39 Å². The van der Waals surface area contributed by atoms with Crippen LogP contribution < -0.4 is 10.2 Å². The highest BCUT2D eigenvalue weighted by Crippen LogP contribution is 2.27. The van der Waals surface area contributed by atoms with Gasteiger partial charge in [-0.05, 0) is 31.5 Å². The molecule has 0 spiro atoms. The lowest BCUT2D eigenvalue weighted by atomic mass is 10.1. The Balaban J connectivity index is 1.64. The molecule has 1 aliphatic rings. The first kappa shape index (κ1) is 15.6. The first-order valence-electron chi connectivity index (χ1n) is 7.30. The maximum atomic E-state index is 12.5. The van der Waals surface area contributed by atoms with Crippen LogP contribution in [-0.2, 0) is 16.1 Å². The molecule has 1 unspecified atom stereocenters. The third-order valence-electron chi connectivity index (χ3n) is 3.92. The van der Waals surface area contributed by atoms with Crippen molar-refractivity contribution in [1.29, 1.82) is 0 Å². The van der Waals surface area contributed by atoms with Gasteiger partial charge < -0.3 is 14.6 Å². The minimum Gasteiger partial charge on any atom is -0.448 e. The highest BCUT2D eigenvalue weighted by atomic mass is 35.5. The molecule has 2 amide bonds. The summed E-state index contributed by atoms with van der Waals surface area (Å²) < 4.78 is 5.08. The fourth-order valence-corrected chi connectivity index (χ4v) is 2.80. The van der Waals surface area contributed by atoms with Gasteiger partial charge >= 0.3 is 0 Å². The molecule has 1 aliphatic heterocycles. The molecule has 7 heteroatoms. The highest BCUT2D eigenvalue weighted by molar-refractivity contribution is 6.31. The van der Waals surface area contributed by atoms with Gasteiger partial charge in [-0.15, -0.1) is 0 Å². The summed E-state index contributed by atoms with van der Waals surface area (Å²) in [7, 11) is 0. The van der Waals surface area contributed by atoms with Gasteiger partial charge in [0.2, 0.25) is 11.8 Å². The molecule has 1 atom stereocenters. The van der Waals surface area contributed by atoms with Gasteiger partial charge in [0.15, 0.2) is 6.39 Å². The molecule has 0 radical (unpaired) electrons. The van der Waals surface area contributed by atoms with Gasteiger partial charge in [0.05, 0.1) is 6.54 Å². The summed E-state index contributed by atoms with van der Waals surface area (Å²) in [5, 5.41) is 3.31. The summed E-state index contributed by atoms with van der Waals surface area (Å²) in [6.45, 7) is 2.53. The molecule has 6 nitrogen and oxygen atoms in total. The van der Waals surface area contributed by atoms with E-state index in [0.717, 1.165) is 0 Å². The molecule has 1 N–H and O–H groups in total. The van der Waals surface area contributed by atoms with E-state index in [9.17, 15) is 9.59 Å². The molecule has 1 fully saturated rings. The van der Waals surface area contributed by atoms with Crippen LogP contribution in [0.2, 0.25) is 5.02 Å². The Bertz CT molecular complexity index is 744. The number of aromatic nitrogens is 1. The number of carbonyl (C=O) groups excluding carboxylic acids is 2. The lowest BCUT2D eigenvalue weighted by Crippen LogP contribution is -2.36. The maximum Gasteiger partial charge on any atom is 0.239 e. The molecule has 2 aromatic rings. The van der Waals surface area contributed by atoms with E-state index >= 15 is 0 Å². The standard InChI is InChI=1S/C16H16ClN3O3/c1-10-14(19-9-23-10)8-18-15(21)13-5-6-20(16(13)22)12-4-2-3-11(17)7-12/h2-4,7,9,13H,5-6,8H2,1H3,(H,18,21). The van der Waals surface area contributed by atoms with Crippen LogP contribution in [0.15, 0.2) is 35.1 Å². The molecule has 120 valence electrons. The number of hydrogen-bond donors (Lipinski definition) is 1. The monoisotopic (exact) mass is 333 g/mol. The molecule has 3 rings (SSSR count). The number of oxazole rings is 1. The largest absolute Gasteiger partial charge is 0.448 e. The Kier molecular flexibility index (Phi) is 4.34. The number of anilines is 1. The summed E-state index contributed by atoms with van der Waals surface area (Å²) in [4.78, 5) is 30.3. The second kappa shape index (κ2) is 6.42. The molecule has 1 aromatic heterocycles. The van der Waals surface area contributed by atoms with Crippen LogP contribution in [0, 0.1) is 12.8 Å². The Labute approximate surface area is 138 Å². The van der Waals surface area contributed by atoms with Crippen molar-refractivity contribution < 1.29 is 14.0 Å². The van der Waals surface area contributed by atoms with Gasteiger partial charge in [0.25, 0.3) is 0 Å². The van der Waals surface area contributed by atoms with Gasteiger partial charge in [-0.1, -0.05) is 17.7 Å². The number of benzene rings is 1. The third-order valence-corrected chi connectivity index (χ3v) is 4.15. The van der Waals surface area contributed by atoms with Crippen LogP contribution >= 0.6 is 11.6 Å². The topological polar surface area (TPSA) is 75.4 Å². The predicted octanol–water partition coefficient (Wildman–Crippen LogP) is 2.31. The van der Waals surface area contributed by atoms with Crippen molar-refractivity contribution in [2.45, 2.75) is 19.9 Å². The lowest BCUT2D eigenvalue weighted by Gasteiger charge is -2.17. The Morgan fingerprint density at radius 1 is 1.52 bits per heavy atom. The van der Waals surface area contributed by atoms with E-state index in [2.05, 4.69) is 10.3 Å². The number of hydrogen-bond acceptors (Lipinski definition) is 4. The van der Waals surface area contributed by atoms with E-state index in [-0.39, 0.29) is 18.4 Å². The molecule has 1 saturated heterocycles. The SMILES string of the molecule is Cc1ocnc1CNC(=O)C1CCN(c2cccc(Cl)c2)C1=O. The Hall–Kier alpha value is -2.34. The second-order valence-corrected chi connectivity index (χ2v) is 5.82. The van der Waals surface area contributed by atoms with E-state index in [4.69, 9.17) is 16.0 Å². The average Bonchev–Trinajstić information content (AvgIpc) is 3.11. The number of aryl methyl sites for hydroxylation is 1. The zero-order valence-corrected chi connectivity index (χ0v) is 13.3. The normalized spacial score (nSPS) is 17.6. The van der Waals surface area contributed by atoms with Crippen LogP contribution in [0.25, 0.3) is 0 Å². The number of carbonyl (C=O) groups is 2. The summed E-state index contributed by atoms with van der Waals surface area (Å²) in [5.74, 6) is -0.520. The molecule has 1 aromatic carbocycles. The molecular weight excluding hydrogens is 318 g/mol. The zero-order valence-electron chi connectivity index (χ0n) is 12.6. The minimum absolute atomic E-state index is 0.207. The number of nitrogens with one attached hydrogen (secondary N) is 1. The summed E-state index contributed by atoms with van der Waals surface area (Å²) in [6.07, 6.45) is 1.81. The van der Waals surface area contributed by atoms with Gasteiger partial charge in [0, 0.05) is 17.3 Å². The number of amides is 2. The molecule has 0 aliphatic carbocycles. The molecule has 2 heterocycles. The fraction of sp³-hybridized carbons (Fsp3) is 0.312. The number of nitrogens with zero attached hydrogens (tertiary/aromatic N) is 2. The Morgan fingerprint density at radius 2 is 2.35 bits per heavy atom. The predicted molar refractivity (Wildman–Crippen MR) is 85.0 cm³/mol. The molecular formula is C16H16ClN3O3. The average molecular weight is 334 g/mol. The molecule has 0 bridgehead atoms. The van der Waals surface area contributed by atoms with Gasteiger partial charge in [-0.2, -0.15) is 0 Å². The zero-order chi connectivity index (χ0) is 16.4. The van der Waals surface area contributed by atoms with E-state index in [0.29, 0.717) is 35.1 Å². The fourth-order valence-electron chi connectivity index (χ4n) is 2.62. The Morgan fingerprint density at radius 3 is 3.04 bits per heavy atom. The van der Waals surface area contributed by atoms with Crippen LogP contribution in [0.1, 0.15) is 17.9 Å². The molecule has 23 heavy (non-hydrogen) atoms. The van der Waals surface area contributed by atoms with Crippen LogP contribution in [0.3, 0.4) is 0 Å². The van der Waals surface area contributed by atoms with Crippen LogP contribution in [0.5, 0.6) is 0 Å². The van der Waals surface area contributed by atoms with Crippen molar-refractivity contribution in [2.75, 3.05) is 11.4 Å².